The number of nitrogens with two attached hydrogens (primary N) is 1. The standard InChI is InChI=1S/C15H22ClN3S/c1-3-12-10-18(2)7-4-8-19(12)14-6-5-11(16)9-13(14)15(17)20/h5-6,9,12H,3-4,7-8,10H2,1-2H3,(H2,17,20). The smallest absolute Gasteiger partial charge is 0.106 e. The van der Waals surface area contributed by atoms with Gasteiger partial charge in [0.15, 0.2) is 0 Å². The van der Waals surface area contributed by atoms with Crippen molar-refractivity contribution in [2.45, 2.75) is 25.8 Å². The van der Waals surface area contributed by atoms with Crippen molar-refractivity contribution < 1.29 is 0 Å². The zero-order valence-corrected chi connectivity index (χ0v) is 13.7. The van der Waals surface area contributed by atoms with E-state index < -0.39 is 0 Å². The second-order valence-corrected chi connectivity index (χ2v) is 6.27. The molecule has 1 aromatic carbocycles. The molecule has 0 bridgehead atoms. The fraction of sp³-hybridized carbons (Fsp3) is 0.533. The number of anilines is 1. The summed E-state index contributed by atoms with van der Waals surface area (Å²) in [5, 5.41) is 0.677. The van der Waals surface area contributed by atoms with Crippen molar-refractivity contribution in [3.8, 4) is 0 Å². The van der Waals surface area contributed by atoms with Gasteiger partial charge < -0.3 is 15.5 Å². The Labute approximate surface area is 131 Å². The number of halogens is 1. The lowest BCUT2D eigenvalue weighted by atomic mass is 10.1. The molecule has 0 aromatic heterocycles. The first-order chi connectivity index (χ1) is 9.52. The van der Waals surface area contributed by atoms with Gasteiger partial charge in [0.2, 0.25) is 0 Å². The van der Waals surface area contributed by atoms with Gasteiger partial charge in [-0.15, -0.1) is 0 Å². The highest BCUT2D eigenvalue weighted by Gasteiger charge is 2.24. The fourth-order valence-electron chi connectivity index (χ4n) is 2.87. The monoisotopic (exact) mass is 311 g/mol. The van der Waals surface area contributed by atoms with Crippen LogP contribution in [-0.4, -0.2) is 42.6 Å². The molecule has 1 heterocycles. The summed E-state index contributed by atoms with van der Waals surface area (Å²) in [6.45, 7) is 5.45. The molecule has 1 unspecified atom stereocenters. The van der Waals surface area contributed by atoms with Gasteiger partial charge in [-0.2, -0.15) is 0 Å². The molecule has 20 heavy (non-hydrogen) atoms. The van der Waals surface area contributed by atoms with Gasteiger partial charge in [0.05, 0.1) is 0 Å². The van der Waals surface area contributed by atoms with E-state index in [1.807, 2.05) is 18.2 Å². The van der Waals surface area contributed by atoms with Crippen LogP contribution >= 0.6 is 23.8 Å². The average molecular weight is 312 g/mol. The molecule has 0 radical (unpaired) electrons. The first kappa shape index (κ1) is 15.5. The number of likely N-dealkylation sites (N-methyl/N-ethyl adjacent to an activating group) is 1. The maximum atomic E-state index is 6.08. The molecule has 1 aliphatic rings. The largest absolute Gasteiger partial charge is 0.389 e. The molecular formula is C15H22ClN3S. The third-order valence-corrected chi connectivity index (χ3v) is 4.36. The summed E-state index contributed by atoms with van der Waals surface area (Å²) in [5.41, 5.74) is 7.88. The second-order valence-electron chi connectivity index (χ2n) is 5.40. The summed E-state index contributed by atoms with van der Waals surface area (Å²) in [6.07, 6.45) is 2.25. The number of hydrogen-bond acceptors (Lipinski definition) is 3. The lowest BCUT2D eigenvalue weighted by molar-refractivity contribution is 0.328. The van der Waals surface area contributed by atoms with Crippen molar-refractivity contribution in [2.75, 3.05) is 31.6 Å². The molecule has 110 valence electrons. The summed E-state index contributed by atoms with van der Waals surface area (Å²) < 4.78 is 0. The summed E-state index contributed by atoms with van der Waals surface area (Å²) in [4.78, 5) is 5.24. The highest BCUT2D eigenvalue weighted by atomic mass is 35.5. The Morgan fingerprint density at radius 2 is 2.20 bits per heavy atom. The van der Waals surface area contributed by atoms with Crippen molar-refractivity contribution >= 4 is 34.5 Å². The van der Waals surface area contributed by atoms with E-state index in [1.54, 1.807) is 0 Å². The van der Waals surface area contributed by atoms with Crippen LogP contribution in [0.4, 0.5) is 5.69 Å². The summed E-state index contributed by atoms with van der Waals surface area (Å²) >= 11 is 11.3. The first-order valence-corrected chi connectivity index (χ1v) is 7.86. The third kappa shape index (κ3) is 3.43. The molecule has 1 saturated heterocycles. The van der Waals surface area contributed by atoms with Crippen molar-refractivity contribution in [3.63, 3.8) is 0 Å². The van der Waals surface area contributed by atoms with Gasteiger partial charge >= 0.3 is 0 Å². The molecule has 0 saturated carbocycles. The molecule has 1 atom stereocenters. The zero-order chi connectivity index (χ0) is 14.7. The summed E-state index contributed by atoms with van der Waals surface area (Å²) in [6, 6.07) is 6.32. The summed E-state index contributed by atoms with van der Waals surface area (Å²) in [5.74, 6) is 0. The van der Waals surface area contributed by atoms with Crippen LogP contribution in [0.3, 0.4) is 0 Å². The minimum Gasteiger partial charge on any atom is -0.389 e. The Bertz CT molecular complexity index is 492. The first-order valence-electron chi connectivity index (χ1n) is 7.07. The lowest BCUT2D eigenvalue weighted by Gasteiger charge is -2.33. The molecule has 1 aromatic rings. The van der Waals surface area contributed by atoms with E-state index in [2.05, 4.69) is 23.8 Å². The minimum atomic E-state index is 0.412. The van der Waals surface area contributed by atoms with Crippen LogP contribution in [0.2, 0.25) is 5.02 Å². The van der Waals surface area contributed by atoms with Gasteiger partial charge in [-0.1, -0.05) is 30.7 Å². The Morgan fingerprint density at radius 3 is 2.85 bits per heavy atom. The third-order valence-electron chi connectivity index (χ3n) is 3.91. The molecule has 2 N–H and O–H groups in total. The van der Waals surface area contributed by atoms with Crippen LogP contribution in [0.15, 0.2) is 18.2 Å². The molecule has 1 aliphatic heterocycles. The Morgan fingerprint density at radius 1 is 1.45 bits per heavy atom. The van der Waals surface area contributed by atoms with E-state index in [4.69, 9.17) is 29.6 Å². The van der Waals surface area contributed by atoms with Crippen LogP contribution in [0.5, 0.6) is 0 Å². The van der Waals surface area contributed by atoms with Crippen molar-refractivity contribution in [3.05, 3.63) is 28.8 Å². The minimum absolute atomic E-state index is 0.412. The number of nitrogens with zero attached hydrogens (tertiary/aromatic N) is 2. The van der Waals surface area contributed by atoms with E-state index in [0.717, 1.165) is 43.7 Å². The molecule has 2 rings (SSSR count). The predicted molar refractivity (Wildman–Crippen MR) is 90.9 cm³/mol. The van der Waals surface area contributed by atoms with E-state index in [-0.39, 0.29) is 0 Å². The van der Waals surface area contributed by atoms with Crippen LogP contribution in [0, 0.1) is 0 Å². The van der Waals surface area contributed by atoms with Gasteiger partial charge in [0.25, 0.3) is 0 Å². The van der Waals surface area contributed by atoms with Crippen molar-refractivity contribution in [1.29, 1.82) is 0 Å². The second kappa shape index (κ2) is 6.74. The van der Waals surface area contributed by atoms with Gasteiger partial charge in [-0.3, -0.25) is 0 Å². The molecule has 0 aliphatic carbocycles. The molecular weight excluding hydrogens is 290 g/mol. The van der Waals surface area contributed by atoms with Gasteiger partial charge in [0, 0.05) is 35.4 Å². The lowest BCUT2D eigenvalue weighted by Crippen LogP contribution is -2.40. The highest BCUT2D eigenvalue weighted by molar-refractivity contribution is 7.80. The van der Waals surface area contributed by atoms with Crippen LogP contribution in [0.1, 0.15) is 25.3 Å². The van der Waals surface area contributed by atoms with E-state index >= 15 is 0 Å². The van der Waals surface area contributed by atoms with Crippen molar-refractivity contribution in [2.24, 2.45) is 5.73 Å². The zero-order valence-electron chi connectivity index (χ0n) is 12.1. The van der Waals surface area contributed by atoms with Gasteiger partial charge in [-0.05, 0) is 44.6 Å². The van der Waals surface area contributed by atoms with E-state index in [1.165, 1.54) is 0 Å². The van der Waals surface area contributed by atoms with Gasteiger partial charge in [-0.25, -0.2) is 0 Å². The maximum Gasteiger partial charge on any atom is 0.106 e. The maximum absolute atomic E-state index is 6.08. The van der Waals surface area contributed by atoms with Crippen LogP contribution in [0.25, 0.3) is 0 Å². The fourth-order valence-corrected chi connectivity index (χ4v) is 3.20. The number of thiocarbonyl (C=S) groups is 1. The molecule has 0 amide bonds. The molecule has 3 nitrogen and oxygen atoms in total. The number of hydrogen-bond donors (Lipinski definition) is 1. The molecule has 5 heteroatoms. The Hall–Kier alpha value is -0.840. The van der Waals surface area contributed by atoms with E-state index in [0.29, 0.717) is 16.1 Å². The topological polar surface area (TPSA) is 32.5 Å². The number of rotatable bonds is 3. The average Bonchev–Trinajstić information content (AvgIpc) is 2.60. The molecule has 0 spiro atoms. The molecule has 1 fully saturated rings. The van der Waals surface area contributed by atoms with E-state index in [9.17, 15) is 0 Å². The normalized spacial score (nSPS) is 20.8. The summed E-state index contributed by atoms with van der Waals surface area (Å²) in [7, 11) is 2.18. The Kier molecular flexibility index (Phi) is 5.24. The predicted octanol–water partition coefficient (Wildman–Crippen LogP) is 2.89. The quantitative estimate of drug-likeness (QED) is 0.870. The SMILES string of the molecule is CCC1CN(C)CCCN1c1ccc(Cl)cc1C(N)=S. The number of benzene rings is 1. The van der Waals surface area contributed by atoms with Crippen molar-refractivity contribution in [1.82, 2.24) is 4.90 Å². The Balaban J connectivity index is 2.39. The van der Waals surface area contributed by atoms with Gasteiger partial charge in [0.1, 0.15) is 4.99 Å². The van der Waals surface area contributed by atoms with Crippen LogP contribution in [-0.2, 0) is 0 Å². The highest BCUT2D eigenvalue weighted by Crippen LogP contribution is 2.28. The van der Waals surface area contributed by atoms with Crippen LogP contribution < -0.4 is 10.6 Å².